The Morgan fingerprint density at radius 1 is 1.13 bits per heavy atom. The highest BCUT2D eigenvalue weighted by Crippen LogP contribution is 2.57. The van der Waals surface area contributed by atoms with Crippen molar-refractivity contribution in [2.75, 3.05) is 18.0 Å². The first-order chi connectivity index (χ1) is 14.7. The number of piperidine rings is 1. The average molecular weight is 400 g/mol. The quantitative estimate of drug-likeness (QED) is 0.519. The summed E-state index contributed by atoms with van der Waals surface area (Å²) in [7, 11) is 0. The Morgan fingerprint density at radius 3 is 2.73 bits per heavy atom. The summed E-state index contributed by atoms with van der Waals surface area (Å²) in [6, 6.07) is 10.5. The second kappa shape index (κ2) is 6.48. The fourth-order valence-electron chi connectivity index (χ4n) is 4.74. The number of anilines is 1. The lowest BCUT2D eigenvalue weighted by Crippen LogP contribution is -2.23. The standard InChI is InChI=1S/C22H20N6O2/c1-13-7-23-8-17-19(13)22(29)28(12-24-17)11-18-25-21(26-30-18)20-15-9-27(10-16(15)20)14-5-3-2-4-6-14/h2-8,12,15-16,20H,9-11H2,1H3/t15-,16?,20?/m0/s1. The van der Waals surface area contributed by atoms with Gasteiger partial charge in [0.15, 0.2) is 5.82 Å². The van der Waals surface area contributed by atoms with E-state index in [4.69, 9.17) is 4.52 Å². The number of pyridine rings is 1. The van der Waals surface area contributed by atoms with Crippen LogP contribution in [0, 0.1) is 18.8 Å². The van der Waals surface area contributed by atoms with Crippen molar-refractivity contribution in [1.29, 1.82) is 0 Å². The van der Waals surface area contributed by atoms with E-state index < -0.39 is 0 Å². The SMILES string of the molecule is Cc1cncc2ncn(Cc3nc(C4C5CN(c6ccccc6)C[C@@H]54)no3)c(=O)c12. The minimum absolute atomic E-state index is 0.124. The van der Waals surface area contributed by atoms with E-state index in [1.54, 1.807) is 12.4 Å². The van der Waals surface area contributed by atoms with Crippen LogP contribution in [-0.2, 0) is 6.54 Å². The molecule has 8 nitrogen and oxygen atoms in total. The molecule has 1 aliphatic heterocycles. The van der Waals surface area contributed by atoms with Gasteiger partial charge in [0, 0.05) is 30.9 Å². The van der Waals surface area contributed by atoms with Crippen molar-refractivity contribution in [2.24, 2.45) is 11.8 Å². The molecule has 4 aromatic rings. The second-order valence-corrected chi connectivity index (χ2v) is 8.17. The van der Waals surface area contributed by atoms with Crippen LogP contribution >= 0.6 is 0 Å². The molecule has 30 heavy (non-hydrogen) atoms. The summed E-state index contributed by atoms with van der Waals surface area (Å²) in [4.78, 5) is 28.3. The first-order valence-corrected chi connectivity index (χ1v) is 10.1. The van der Waals surface area contributed by atoms with Gasteiger partial charge in [-0.1, -0.05) is 23.4 Å². The number of nitrogens with zero attached hydrogens (tertiary/aromatic N) is 6. The molecule has 4 heterocycles. The van der Waals surface area contributed by atoms with E-state index in [0.717, 1.165) is 24.5 Å². The summed E-state index contributed by atoms with van der Waals surface area (Å²) in [5.41, 5.74) is 2.54. The zero-order chi connectivity index (χ0) is 20.2. The summed E-state index contributed by atoms with van der Waals surface area (Å²) in [6.07, 6.45) is 4.79. The minimum atomic E-state index is -0.124. The molecule has 1 saturated heterocycles. The van der Waals surface area contributed by atoms with Gasteiger partial charge in [-0.15, -0.1) is 0 Å². The van der Waals surface area contributed by atoms with Crippen molar-refractivity contribution < 1.29 is 4.52 Å². The molecule has 0 radical (unpaired) electrons. The van der Waals surface area contributed by atoms with E-state index >= 15 is 0 Å². The molecular formula is C22H20N6O2. The van der Waals surface area contributed by atoms with E-state index in [1.165, 1.54) is 16.6 Å². The maximum Gasteiger partial charge on any atom is 0.262 e. The molecule has 0 amide bonds. The summed E-state index contributed by atoms with van der Waals surface area (Å²) in [5.74, 6) is 2.67. The van der Waals surface area contributed by atoms with Gasteiger partial charge in [0.05, 0.1) is 23.4 Å². The van der Waals surface area contributed by atoms with Crippen LogP contribution < -0.4 is 10.5 Å². The maximum atomic E-state index is 12.8. The molecule has 2 fully saturated rings. The van der Waals surface area contributed by atoms with Crippen LogP contribution in [-0.4, -0.2) is 37.8 Å². The number of aromatic nitrogens is 5. The van der Waals surface area contributed by atoms with Crippen LogP contribution in [0.25, 0.3) is 10.9 Å². The van der Waals surface area contributed by atoms with Crippen molar-refractivity contribution >= 4 is 16.6 Å². The number of benzene rings is 1. The van der Waals surface area contributed by atoms with Gasteiger partial charge in [0.1, 0.15) is 6.54 Å². The van der Waals surface area contributed by atoms with Gasteiger partial charge < -0.3 is 9.42 Å². The smallest absolute Gasteiger partial charge is 0.262 e. The zero-order valence-electron chi connectivity index (χ0n) is 16.5. The van der Waals surface area contributed by atoms with E-state index in [1.807, 2.05) is 13.0 Å². The molecule has 2 unspecified atom stereocenters. The van der Waals surface area contributed by atoms with Gasteiger partial charge >= 0.3 is 0 Å². The Balaban J connectivity index is 1.19. The molecule has 150 valence electrons. The lowest BCUT2D eigenvalue weighted by Gasteiger charge is -2.21. The highest BCUT2D eigenvalue weighted by molar-refractivity contribution is 5.79. The van der Waals surface area contributed by atoms with Gasteiger partial charge in [-0.2, -0.15) is 4.98 Å². The van der Waals surface area contributed by atoms with Crippen molar-refractivity contribution in [1.82, 2.24) is 24.7 Å². The lowest BCUT2D eigenvalue weighted by molar-refractivity contribution is 0.363. The number of para-hydroxylation sites is 1. The van der Waals surface area contributed by atoms with Crippen LogP contribution in [0.4, 0.5) is 5.69 Å². The molecule has 1 saturated carbocycles. The molecule has 0 bridgehead atoms. The molecule has 8 heteroatoms. The normalized spacial score (nSPS) is 22.4. The van der Waals surface area contributed by atoms with E-state index in [-0.39, 0.29) is 12.1 Å². The lowest BCUT2D eigenvalue weighted by atomic mass is 10.2. The number of hydrogen-bond acceptors (Lipinski definition) is 7. The zero-order valence-corrected chi connectivity index (χ0v) is 16.5. The monoisotopic (exact) mass is 400 g/mol. The first-order valence-electron chi connectivity index (χ1n) is 10.1. The third-order valence-electron chi connectivity index (χ3n) is 6.33. The fraction of sp³-hybridized carbons (Fsp3) is 0.318. The fourth-order valence-corrected chi connectivity index (χ4v) is 4.74. The van der Waals surface area contributed by atoms with E-state index in [0.29, 0.717) is 34.5 Å². The minimum Gasteiger partial charge on any atom is -0.371 e. The second-order valence-electron chi connectivity index (χ2n) is 8.17. The molecule has 1 aromatic carbocycles. The maximum absolute atomic E-state index is 12.8. The van der Waals surface area contributed by atoms with Gasteiger partial charge in [-0.3, -0.25) is 14.3 Å². The third kappa shape index (κ3) is 2.71. The highest BCUT2D eigenvalue weighted by atomic mass is 16.5. The van der Waals surface area contributed by atoms with Crippen molar-refractivity contribution in [2.45, 2.75) is 19.4 Å². The van der Waals surface area contributed by atoms with Crippen LogP contribution in [0.5, 0.6) is 0 Å². The number of hydrogen-bond donors (Lipinski definition) is 0. The average Bonchev–Trinajstić information content (AvgIpc) is 3.10. The third-order valence-corrected chi connectivity index (χ3v) is 6.33. The molecular weight excluding hydrogens is 380 g/mol. The number of aryl methyl sites for hydroxylation is 1. The molecule has 0 N–H and O–H groups in total. The largest absolute Gasteiger partial charge is 0.371 e. The summed E-state index contributed by atoms with van der Waals surface area (Å²) in [5, 5.41) is 4.79. The molecule has 3 atom stereocenters. The number of fused-ring (bicyclic) bond motifs is 2. The Hall–Kier alpha value is -3.55. The van der Waals surface area contributed by atoms with Crippen molar-refractivity contribution in [3.05, 3.63) is 76.7 Å². The highest BCUT2D eigenvalue weighted by Gasteiger charge is 2.58. The molecule has 0 spiro atoms. The van der Waals surface area contributed by atoms with Crippen LogP contribution in [0.15, 0.2) is 58.4 Å². The van der Waals surface area contributed by atoms with Crippen molar-refractivity contribution in [3.63, 3.8) is 0 Å². The van der Waals surface area contributed by atoms with Crippen LogP contribution in [0.1, 0.15) is 23.2 Å². The molecule has 3 aromatic heterocycles. The van der Waals surface area contributed by atoms with Crippen LogP contribution in [0.2, 0.25) is 0 Å². The predicted octanol–water partition coefficient (Wildman–Crippen LogP) is 2.38. The molecule has 2 aliphatic rings. The van der Waals surface area contributed by atoms with E-state index in [9.17, 15) is 4.79 Å². The van der Waals surface area contributed by atoms with Crippen molar-refractivity contribution in [3.8, 4) is 0 Å². The van der Waals surface area contributed by atoms with Crippen LogP contribution in [0.3, 0.4) is 0 Å². The predicted molar refractivity (Wildman–Crippen MR) is 110 cm³/mol. The Bertz CT molecular complexity index is 1290. The Morgan fingerprint density at radius 2 is 1.93 bits per heavy atom. The summed E-state index contributed by atoms with van der Waals surface area (Å²) < 4.78 is 6.98. The number of rotatable bonds is 4. The molecule has 1 aliphatic carbocycles. The van der Waals surface area contributed by atoms with Gasteiger partial charge in [0.25, 0.3) is 5.56 Å². The topological polar surface area (TPSA) is 89.9 Å². The van der Waals surface area contributed by atoms with Gasteiger partial charge in [0.2, 0.25) is 5.89 Å². The summed E-state index contributed by atoms with van der Waals surface area (Å²) in [6.45, 7) is 4.11. The van der Waals surface area contributed by atoms with Gasteiger partial charge in [-0.05, 0) is 36.5 Å². The Kier molecular flexibility index (Phi) is 3.74. The Labute approximate surface area is 172 Å². The first kappa shape index (κ1) is 17.3. The summed E-state index contributed by atoms with van der Waals surface area (Å²) >= 11 is 0. The van der Waals surface area contributed by atoms with Gasteiger partial charge in [-0.25, -0.2) is 4.98 Å². The van der Waals surface area contributed by atoms with E-state index in [2.05, 4.69) is 49.3 Å². The molecule has 6 rings (SSSR count).